The molecule has 0 saturated carbocycles. The fourth-order valence-corrected chi connectivity index (χ4v) is 3.83. The summed E-state index contributed by atoms with van der Waals surface area (Å²) >= 11 is 0. The Hall–Kier alpha value is -4.21. The van der Waals surface area contributed by atoms with Crippen LogP contribution in [0.4, 0.5) is 4.79 Å². The number of esters is 2. The molecule has 0 fully saturated rings. The van der Waals surface area contributed by atoms with E-state index in [1.807, 2.05) is 6.07 Å². The Kier molecular flexibility index (Phi) is 9.15. The van der Waals surface area contributed by atoms with Crippen LogP contribution in [0.2, 0.25) is 0 Å². The van der Waals surface area contributed by atoms with Gasteiger partial charge in [-0.25, -0.2) is 9.59 Å². The van der Waals surface area contributed by atoms with Gasteiger partial charge in [-0.15, -0.1) is 0 Å². The maximum Gasteiger partial charge on any atom is 0.338 e. The molecule has 10 heteroatoms. The van der Waals surface area contributed by atoms with Crippen molar-refractivity contribution in [1.29, 1.82) is 0 Å². The van der Waals surface area contributed by atoms with Crippen molar-refractivity contribution in [2.45, 2.75) is 25.8 Å². The summed E-state index contributed by atoms with van der Waals surface area (Å²) in [4.78, 5) is 37.7. The van der Waals surface area contributed by atoms with E-state index in [1.54, 1.807) is 43.3 Å². The molecule has 2 aromatic rings. The number of ether oxygens (including phenoxy) is 5. The lowest BCUT2D eigenvalue weighted by molar-refractivity contribution is -0.143. The highest BCUT2D eigenvalue weighted by Gasteiger charge is 2.34. The highest BCUT2D eigenvalue weighted by Crippen LogP contribution is 2.38. The van der Waals surface area contributed by atoms with Gasteiger partial charge in [0.1, 0.15) is 6.61 Å². The lowest BCUT2D eigenvalue weighted by atomic mass is 9.95. The Labute approximate surface area is 209 Å². The summed E-state index contributed by atoms with van der Waals surface area (Å²) < 4.78 is 26.6. The molecule has 36 heavy (non-hydrogen) atoms. The summed E-state index contributed by atoms with van der Waals surface area (Å²) in [5.41, 5.74) is 1.83. The molecule has 0 spiro atoms. The van der Waals surface area contributed by atoms with Crippen LogP contribution in [0.15, 0.2) is 53.7 Å². The van der Waals surface area contributed by atoms with Gasteiger partial charge in [0.05, 0.1) is 45.2 Å². The fourth-order valence-electron chi connectivity index (χ4n) is 3.83. The van der Waals surface area contributed by atoms with Gasteiger partial charge in [-0.1, -0.05) is 30.3 Å². The third-order valence-corrected chi connectivity index (χ3v) is 5.50. The Morgan fingerprint density at radius 2 is 1.61 bits per heavy atom. The van der Waals surface area contributed by atoms with Crippen molar-refractivity contribution >= 4 is 18.0 Å². The van der Waals surface area contributed by atoms with Gasteiger partial charge in [0, 0.05) is 6.42 Å². The number of hydrogen-bond acceptors (Lipinski definition) is 8. The second-order valence-corrected chi connectivity index (χ2v) is 7.75. The summed E-state index contributed by atoms with van der Waals surface area (Å²) in [5.74, 6) is 0.299. The minimum absolute atomic E-state index is 0.0506. The van der Waals surface area contributed by atoms with Crippen LogP contribution in [0.1, 0.15) is 30.5 Å². The van der Waals surface area contributed by atoms with Crippen LogP contribution in [0, 0.1) is 0 Å². The number of carbonyl (C=O) groups excluding carboxylic acids is 3. The number of amides is 2. The van der Waals surface area contributed by atoms with Crippen molar-refractivity contribution in [1.82, 2.24) is 10.6 Å². The molecule has 0 aromatic heterocycles. The van der Waals surface area contributed by atoms with Gasteiger partial charge in [-0.2, -0.15) is 0 Å². The quantitative estimate of drug-likeness (QED) is 0.454. The van der Waals surface area contributed by atoms with E-state index in [0.717, 1.165) is 5.56 Å². The van der Waals surface area contributed by atoms with Gasteiger partial charge in [-0.3, -0.25) is 4.79 Å². The zero-order valence-electron chi connectivity index (χ0n) is 20.7. The van der Waals surface area contributed by atoms with Crippen molar-refractivity contribution < 1.29 is 38.1 Å². The van der Waals surface area contributed by atoms with Crippen LogP contribution < -0.4 is 24.8 Å². The van der Waals surface area contributed by atoms with E-state index >= 15 is 0 Å². The van der Waals surface area contributed by atoms with Crippen molar-refractivity contribution in [3.05, 3.63) is 64.9 Å². The number of benzene rings is 2. The number of nitrogens with one attached hydrogen (secondary N) is 2. The molecule has 2 amide bonds. The average Bonchev–Trinajstić information content (AvgIpc) is 2.90. The highest BCUT2D eigenvalue weighted by molar-refractivity contribution is 5.95. The molecule has 0 bridgehead atoms. The predicted octanol–water partition coefficient (Wildman–Crippen LogP) is 3.06. The van der Waals surface area contributed by atoms with Crippen LogP contribution in [0.25, 0.3) is 0 Å². The van der Waals surface area contributed by atoms with Crippen molar-refractivity contribution in [2.75, 3.05) is 34.5 Å². The van der Waals surface area contributed by atoms with E-state index in [2.05, 4.69) is 10.6 Å². The summed E-state index contributed by atoms with van der Waals surface area (Å²) in [6.07, 6.45) is 0.398. The van der Waals surface area contributed by atoms with Gasteiger partial charge in [0.2, 0.25) is 5.75 Å². The number of methoxy groups -OCH3 is 3. The van der Waals surface area contributed by atoms with Gasteiger partial charge < -0.3 is 34.3 Å². The number of urea groups is 1. The minimum Gasteiger partial charge on any atom is -0.493 e. The van der Waals surface area contributed by atoms with Crippen molar-refractivity contribution in [3.8, 4) is 17.2 Å². The van der Waals surface area contributed by atoms with Crippen molar-refractivity contribution in [2.24, 2.45) is 0 Å². The molecule has 2 N–H and O–H groups in total. The maximum absolute atomic E-state index is 12.8. The summed E-state index contributed by atoms with van der Waals surface area (Å²) in [7, 11) is 4.54. The fraction of sp³-hybridized carbons (Fsp3) is 0.346. The molecule has 10 nitrogen and oxygen atoms in total. The zero-order chi connectivity index (χ0) is 26.1. The molecule has 2 aromatic carbocycles. The minimum atomic E-state index is -0.744. The van der Waals surface area contributed by atoms with Crippen LogP contribution in [0.5, 0.6) is 17.2 Å². The molecule has 0 aliphatic carbocycles. The van der Waals surface area contributed by atoms with Gasteiger partial charge in [-0.05, 0) is 36.6 Å². The van der Waals surface area contributed by atoms with Crippen LogP contribution >= 0.6 is 0 Å². The van der Waals surface area contributed by atoms with E-state index in [0.29, 0.717) is 29.2 Å². The maximum atomic E-state index is 12.8. The van der Waals surface area contributed by atoms with Crippen LogP contribution in [0.3, 0.4) is 0 Å². The number of hydrogen-bond donors (Lipinski definition) is 2. The number of rotatable bonds is 11. The molecule has 0 radical (unpaired) electrons. The summed E-state index contributed by atoms with van der Waals surface area (Å²) in [6, 6.07) is 11.3. The predicted molar refractivity (Wildman–Crippen MR) is 130 cm³/mol. The zero-order valence-corrected chi connectivity index (χ0v) is 20.7. The first-order valence-electron chi connectivity index (χ1n) is 11.4. The second-order valence-electron chi connectivity index (χ2n) is 7.75. The Morgan fingerprint density at radius 1 is 0.944 bits per heavy atom. The monoisotopic (exact) mass is 498 g/mol. The molecule has 1 aliphatic heterocycles. The van der Waals surface area contributed by atoms with Gasteiger partial charge in [0.25, 0.3) is 0 Å². The molecule has 3 rings (SSSR count). The lowest BCUT2D eigenvalue weighted by Crippen LogP contribution is -2.47. The van der Waals surface area contributed by atoms with E-state index < -0.39 is 24.0 Å². The molecular formula is C26H30N2O8. The molecule has 192 valence electrons. The Morgan fingerprint density at radius 3 is 2.19 bits per heavy atom. The number of carbonyl (C=O) groups is 3. The van der Waals surface area contributed by atoms with Gasteiger partial charge in [0.15, 0.2) is 11.5 Å². The first-order chi connectivity index (χ1) is 17.4. The molecule has 1 unspecified atom stereocenters. The lowest BCUT2D eigenvalue weighted by Gasteiger charge is -2.29. The van der Waals surface area contributed by atoms with Gasteiger partial charge >= 0.3 is 18.0 Å². The van der Waals surface area contributed by atoms with Crippen LogP contribution in [-0.4, -0.2) is 52.5 Å². The number of aryl methyl sites for hydroxylation is 1. The first-order valence-corrected chi connectivity index (χ1v) is 11.4. The SMILES string of the molecule is CCOC(=O)C1=C(COC(=O)CCc2cc(OC)c(OC)c(OC)c2)NC(=O)NC1c1ccccc1. The largest absolute Gasteiger partial charge is 0.493 e. The van der Waals surface area contributed by atoms with E-state index in [-0.39, 0.29) is 30.9 Å². The van der Waals surface area contributed by atoms with E-state index in [1.165, 1.54) is 21.3 Å². The third-order valence-electron chi connectivity index (χ3n) is 5.50. The molecular weight excluding hydrogens is 468 g/mol. The second kappa shape index (κ2) is 12.5. The normalized spacial score (nSPS) is 14.9. The van der Waals surface area contributed by atoms with Crippen molar-refractivity contribution in [3.63, 3.8) is 0 Å². The summed E-state index contributed by atoms with van der Waals surface area (Å²) in [6.45, 7) is 1.55. The average molecular weight is 499 g/mol. The van der Waals surface area contributed by atoms with E-state index in [4.69, 9.17) is 23.7 Å². The van der Waals surface area contributed by atoms with E-state index in [9.17, 15) is 14.4 Å². The smallest absolute Gasteiger partial charge is 0.338 e. The molecule has 0 saturated heterocycles. The molecule has 1 aliphatic rings. The standard InChI is InChI=1S/C26H30N2O8/c1-5-35-25(30)22-18(27-26(31)28-23(22)17-9-7-6-8-10-17)15-36-21(29)12-11-16-13-19(32-2)24(34-4)20(14-16)33-3/h6-10,13-14,23H,5,11-12,15H2,1-4H3,(H2,27,28,31). The third kappa shape index (κ3) is 6.26. The summed E-state index contributed by atoms with van der Waals surface area (Å²) in [5, 5.41) is 5.32. The molecule has 1 heterocycles. The van der Waals surface area contributed by atoms with Crippen LogP contribution in [-0.2, 0) is 25.5 Å². The Balaban J connectivity index is 1.75. The highest BCUT2D eigenvalue weighted by atomic mass is 16.5. The molecule has 1 atom stereocenters. The Bertz CT molecular complexity index is 1110. The topological polar surface area (TPSA) is 121 Å². The first kappa shape index (κ1) is 26.4.